The van der Waals surface area contributed by atoms with Crippen molar-refractivity contribution in [2.24, 2.45) is 0 Å². The van der Waals surface area contributed by atoms with Crippen molar-refractivity contribution in [2.45, 2.75) is 18.8 Å². The van der Waals surface area contributed by atoms with Gasteiger partial charge in [-0.15, -0.1) is 0 Å². The summed E-state index contributed by atoms with van der Waals surface area (Å²) in [5.41, 5.74) is 0.665. The number of carbonyl (C=O) groups is 2. The van der Waals surface area contributed by atoms with Gasteiger partial charge in [-0.25, -0.2) is 4.90 Å². The van der Waals surface area contributed by atoms with Gasteiger partial charge in [-0.05, 0) is 67.8 Å². The first-order chi connectivity index (χ1) is 14.6. The van der Waals surface area contributed by atoms with E-state index in [4.69, 9.17) is 0 Å². The number of rotatable bonds is 11. The molecule has 11 nitrogen and oxygen atoms in total. The van der Waals surface area contributed by atoms with E-state index in [9.17, 15) is 45.3 Å². The summed E-state index contributed by atoms with van der Waals surface area (Å²) in [5, 5.41) is 67.1. The molecule has 0 fully saturated rings. The van der Waals surface area contributed by atoms with Crippen LogP contribution in [0.5, 0.6) is 0 Å². The fourth-order valence-corrected chi connectivity index (χ4v) is 7.33. The molecule has 14 heteroatoms. The van der Waals surface area contributed by atoms with Crippen molar-refractivity contribution >= 4 is 91.0 Å². The molecule has 2 unspecified atom stereocenters. The Balaban J connectivity index is 3.96. The lowest BCUT2D eigenvalue weighted by Gasteiger charge is -2.32. The van der Waals surface area contributed by atoms with Crippen molar-refractivity contribution in [3.63, 3.8) is 0 Å². The van der Waals surface area contributed by atoms with E-state index in [1.165, 1.54) is 0 Å². The third-order valence-electron chi connectivity index (χ3n) is 4.16. The summed E-state index contributed by atoms with van der Waals surface area (Å²) in [6, 6.07) is 0. The van der Waals surface area contributed by atoms with Crippen LogP contribution in [0.3, 0.4) is 0 Å². The van der Waals surface area contributed by atoms with Gasteiger partial charge in [-0.3, -0.25) is 9.59 Å². The average Bonchev–Trinajstić information content (AvgIpc) is 2.75. The number of nitrogens with zero attached hydrogens (tertiary/aromatic N) is 2. The fraction of sp³-hybridized carbons (Fsp3) is 0.529. The van der Waals surface area contributed by atoms with Crippen LogP contribution in [0.1, 0.15) is 5.56 Å². The molecule has 0 aliphatic heterocycles. The first kappa shape index (κ1) is 29.1. The van der Waals surface area contributed by atoms with E-state index in [2.05, 4.69) is 0 Å². The fourth-order valence-electron chi connectivity index (χ4n) is 2.66. The maximum atomic E-state index is 12.8. The Hall–Kier alpha value is 0.0700. The Labute approximate surface area is 219 Å². The highest BCUT2D eigenvalue weighted by atomic mass is 127. The predicted octanol–water partition coefficient (Wildman–Crippen LogP) is -1.65. The molecular weight excluding hydrogens is 757 g/mol. The summed E-state index contributed by atoms with van der Waals surface area (Å²) in [6.45, 7) is -2.81. The van der Waals surface area contributed by atoms with E-state index in [0.29, 0.717) is 23.3 Å². The molecule has 1 aromatic rings. The van der Waals surface area contributed by atoms with Crippen LogP contribution in [0.4, 0.5) is 11.4 Å². The summed E-state index contributed by atoms with van der Waals surface area (Å²) >= 11 is 5.61. The number of aliphatic hydroxyl groups excluding tert-OH is 7. The molecule has 0 aliphatic rings. The minimum atomic E-state index is -1.98. The molecule has 0 bridgehead atoms. The monoisotopic (exact) mass is 780 g/mol. The molecule has 2 amide bonds. The predicted molar refractivity (Wildman–Crippen MR) is 136 cm³/mol. The van der Waals surface area contributed by atoms with Crippen LogP contribution >= 0.6 is 67.8 Å². The Kier molecular flexibility index (Phi) is 12.9. The molecule has 2 atom stereocenters. The smallest absolute Gasteiger partial charge is 0.265 e. The maximum absolute atomic E-state index is 12.8. The Morgan fingerprint density at radius 3 is 1.52 bits per heavy atom. The molecule has 0 aliphatic carbocycles. The maximum Gasteiger partial charge on any atom is 0.265 e. The van der Waals surface area contributed by atoms with Crippen molar-refractivity contribution < 1.29 is 45.3 Å². The van der Waals surface area contributed by atoms with Crippen LogP contribution in [0.2, 0.25) is 0 Å². The van der Waals surface area contributed by atoms with Crippen LogP contribution in [0.15, 0.2) is 0 Å². The van der Waals surface area contributed by atoms with Crippen molar-refractivity contribution in [3.8, 4) is 0 Å². The van der Waals surface area contributed by atoms with Gasteiger partial charge in [0.05, 0.1) is 48.0 Å². The first-order valence-corrected chi connectivity index (χ1v) is 12.1. The molecule has 176 valence electrons. The number of hydrogen-bond acceptors (Lipinski definition) is 10. The lowest BCUT2D eigenvalue weighted by molar-refractivity contribution is -0.137. The number of hydrogen-bond donors (Lipinski definition) is 7. The molecular formula is C17H23I3N2O9. The number of benzene rings is 1. The van der Waals surface area contributed by atoms with E-state index < -0.39 is 43.8 Å². The lowest BCUT2D eigenvalue weighted by atomic mass is 10.1. The summed E-state index contributed by atoms with van der Waals surface area (Å²) in [4.78, 5) is 27.7. The number of anilines is 2. The Morgan fingerprint density at radius 1 is 0.742 bits per heavy atom. The third kappa shape index (κ3) is 6.57. The summed E-state index contributed by atoms with van der Waals surface area (Å²) in [5.74, 6) is -2.47. The van der Waals surface area contributed by atoms with Gasteiger partial charge in [0.2, 0.25) is 0 Å². The largest absolute Gasteiger partial charge is 0.395 e. The van der Waals surface area contributed by atoms with E-state index in [1.807, 2.05) is 45.2 Å². The Bertz CT molecular complexity index is 769. The average molecular weight is 780 g/mol. The summed E-state index contributed by atoms with van der Waals surface area (Å²) < 4.78 is 1.11. The first-order valence-electron chi connectivity index (χ1n) is 8.85. The molecule has 0 heterocycles. The molecule has 0 radical (unpaired) electrons. The highest BCUT2D eigenvalue weighted by molar-refractivity contribution is 14.1. The van der Waals surface area contributed by atoms with Crippen LogP contribution in [-0.2, 0) is 16.2 Å². The van der Waals surface area contributed by atoms with E-state index >= 15 is 0 Å². The van der Waals surface area contributed by atoms with Crippen molar-refractivity contribution in [1.29, 1.82) is 0 Å². The number of amides is 2. The van der Waals surface area contributed by atoms with Gasteiger partial charge in [0, 0.05) is 25.8 Å². The van der Waals surface area contributed by atoms with Crippen LogP contribution < -0.4 is 9.80 Å². The number of imide groups is 1. The minimum Gasteiger partial charge on any atom is -0.395 e. The molecule has 0 spiro atoms. The molecule has 1 aromatic carbocycles. The normalized spacial score (nSPS) is 13.1. The van der Waals surface area contributed by atoms with Gasteiger partial charge in [0.25, 0.3) is 11.8 Å². The highest BCUT2D eigenvalue weighted by Gasteiger charge is 2.37. The second-order valence-corrected chi connectivity index (χ2v) is 9.35. The number of carbonyl (C=O) groups excluding carboxylic acids is 2. The van der Waals surface area contributed by atoms with E-state index in [1.54, 1.807) is 27.5 Å². The van der Waals surface area contributed by atoms with E-state index in [-0.39, 0.29) is 35.6 Å². The van der Waals surface area contributed by atoms with Gasteiger partial charge in [0.15, 0.2) is 12.2 Å². The van der Waals surface area contributed by atoms with Crippen molar-refractivity contribution in [1.82, 2.24) is 0 Å². The molecule has 1 rings (SSSR count). The van der Waals surface area contributed by atoms with Crippen LogP contribution in [-0.4, -0.2) is 99.3 Å². The topological polar surface area (TPSA) is 182 Å². The van der Waals surface area contributed by atoms with Gasteiger partial charge in [-0.1, -0.05) is 0 Å². The minimum absolute atomic E-state index is 0.0726. The van der Waals surface area contributed by atoms with Crippen molar-refractivity contribution in [2.75, 3.05) is 49.3 Å². The van der Waals surface area contributed by atoms with E-state index in [0.717, 1.165) is 0 Å². The SMILES string of the molecule is O=C(C(O)CO)N(C(=O)C(O)CO)c1c(I)c(CO)c(I)c(N(CCO)CCO)c1I. The summed E-state index contributed by atoms with van der Waals surface area (Å²) in [7, 11) is 0. The van der Waals surface area contributed by atoms with Crippen LogP contribution in [0.25, 0.3) is 0 Å². The summed E-state index contributed by atoms with van der Waals surface area (Å²) in [6.07, 6.45) is -3.96. The number of halogens is 3. The standard InChI is InChI=1S/C17H23I3N2O9/c18-11-8(5-25)12(19)15(13(20)14(11)21(1-3-23)2-4-24)22(16(30)9(28)6-26)17(31)10(29)7-27/h9-10,23-29H,1-7H2. The molecule has 31 heavy (non-hydrogen) atoms. The molecule has 0 saturated heterocycles. The van der Waals surface area contributed by atoms with Gasteiger partial charge in [-0.2, -0.15) is 0 Å². The van der Waals surface area contributed by atoms with Gasteiger partial charge < -0.3 is 40.6 Å². The van der Waals surface area contributed by atoms with Gasteiger partial charge in [0.1, 0.15) is 0 Å². The quantitative estimate of drug-likeness (QED) is 0.129. The second-order valence-electron chi connectivity index (χ2n) is 6.12. The molecule has 7 N–H and O–H groups in total. The zero-order valence-corrected chi connectivity index (χ0v) is 22.6. The molecule has 0 aromatic heterocycles. The highest BCUT2D eigenvalue weighted by Crippen LogP contribution is 2.42. The van der Waals surface area contributed by atoms with Crippen molar-refractivity contribution in [3.05, 3.63) is 16.3 Å². The zero-order valence-electron chi connectivity index (χ0n) is 16.1. The zero-order chi connectivity index (χ0) is 23.9. The lowest BCUT2D eigenvalue weighted by Crippen LogP contribution is -2.50. The van der Waals surface area contributed by atoms with Crippen LogP contribution in [0, 0.1) is 10.7 Å². The Morgan fingerprint density at radius 2 is 1.16 bits per heavy atom. The third-order valence-corrected chi connectivity index (χ3v) is 7.50. The molecule has 0 saturated carbocycles. The number of aliphatic hydroxyl groups is 7. The van der Waals surface area contributed by atoms with Gasteiger partial charge >= 0.3 is 0 Å². The second kappa shape index (κ2) is 13.7.